The Morgan fingerprint density at radius 1 is 0.667 bits per heavy atom. The molecule has 140 valence electrons. The zero-order chi connectivity index (χ0) is 18.7. The van der Waals surface area contributed by atoms with Crippen LogP contribution >= 0.6 is 0 Å². The minimum absolute atomic E-state index is 0.745. The minimum Gasteiger partial charge on any atom is -0.494 e. The van der Waals surface area contributed by atoms with Crippen molar-refractivity contribution < 1.29 is 9.47 Å². The number of hydrogen-bond donors (Lipinski definition) is 2. The van der Waals surface area contributed by atoms with Crippen molar-refractivity contribution in [3.05, 3.63) is 78.9 Å². The maximum absolute atomic E-state index is 5.80. The second-order valence-electron chi connectivity index (χ2n) is 6.17. The van der Waals surface area contributed by atoms with E-state index in [2.05, 4.69) is 23.6 Å². The van der Waals surface area contributed by atoms with Crippen LogP contribution in [0.3, 0.4) is 0 Å². The Bertz CT molecular complexity index is 804. The van der Waals surface area contributed by atoms with Gasteiger partial charge >= 0.3 is 0 Å². The van der Waals surface area contributed by atoms with Crippen molar-refractivity contribution >= 4 is 11.4 Å². The molecule has 0 aliphatic rings. The van der Waals surface area contributed by atoms with E-state index >= 15 is 0 Å². The molecule has 0 unspecified atom stereocenters. The molecule has 0 bridgehead atoms. The van der Waals surface area contributed by atoms with Crippen LogP contribution in [0, 0.1) is 0 Å². The molecule has 0 spiro atoms. The fourth-order valence-electron chi connectivity index (χ4n) is 2.59. The van der Waals surface area contributed by atoms with Gasteiger partial charge in [0, 0.05) is 30.5 Å². The third-order valence-corrected chi connectivity index (χ3v) is 3.92. The first-order valence-corrected chi connectivity index (χ1v) is 9.37. The summed E-state index contributed by atoms with van der Waals surface area (Å²) < 4.78 is 11.5. The fraction of sp³-hybridized carbons (Fsp3) is 0.217. The molecule has 2 N–H and O–H groups in total. The van der Waals surface area contributed by atoms with Gasteiger partial charge in [-0.05, 0) is 55.0 Å². The molecule has 0 atom stereocenters. The summed E-state index contributed by atoms with van der Waals surface area (Å²) in [6, 6.07) is 25.9. The van der Waals surface area contributed by atoms with Gasteiger partial charge in [-0.1, -0.05) is 31.2 Å². The van der Waals surface area contributed by atoms with E-state index in [4.69, 9.17) is 9.47 Å². The molecule has 0 aliphatic heterocycles. The summed E-state index contributed by atoms with van der Waals surface area (Å²) in [7, 11) is 0. The van der Waals surface area contributed by atoms with E-state index in [1.54, 1.807) is 0 Å². The van der Waals surface area contributed by atoms with Crippen LogP contribution in [-0.4, -0.2) is 19.7 Å². The smallest absolute Gasteiger partial charge is 0.127 e. The number of para-hydroxylation sites is 1. The molecule has 4 nitrogen and oxygen atoms in total. The third-order valence-electron chi connectivity index (χ3n) is 3.92. The molecule has 3 rings (SSSR count). The molecule has 3 aromatic carbocycles. The summed E-state index contributed by atoms with van der Waals surface area (Å²) in [5, 5.41) is 6.81. The summed E-state index contributed by atoms with van der Waals surface area (Å²) in [5.41, 5.74) is 2.13. The van der Waals surface area contributed by atoms with Crippen LogP contribution in [0.1, 0.15) is 13.3 Å². The molecular weight excluding hydrogens is 336 g/mol. The predicted octanol–water partition coefficient (Wildman–Crippen LogP) is 5.79. The van der Waals surface area contributed by atoms with Crippen molar-refractivity contribution in [3.63, 3.8) is 0 Å². The zero-order valence-corrected chi connectivity index (χ0v) is 15.7. The molecule has 0 saturated carbocycles. The van der Waals surface area contributed by atoms with Crippen LogP contribution in [0.25, 0.3) is 0 Å². The number of rotatable bonds is 10. The Morgan fingerprint density at radius 2 is 1.33 bits per heavy atom. The van der Waals surface area contributed by atoms with Gasteiger partial charge < -0.3 is 20.1 Å². The van der Waals surface area contributed by atoms with Gasteiger partial charge in [-0.2, -0.15) is 0 Å². The average Bonchev–Trinajstić information content (AvgIpc) is 2.72. The monoisotopic (exact) mass is 362 g/mol. The molecule has 0 heterocycles. The molecular formula is C23H26N2O2. The average molecular weight is 362 g/mol. The lowest BCUT2D eigenvalue weighted by molar-refractivity contribution is 0.317. The van der Waals surface area contributed by atoms with E-state index in [1.807, 2.05) is 72.8 Å². The quantitative estimate of drug-likeness (QED) is 0.448. The van der Waals surface area contributed by atoms with E-state index in [1.165, 1.54) is 0 Å². The first kappa shape index (κ1) is 18.6. The first-order chi connectivity index (χ1) is 13.3. The summed E-state index contributed by atoms with van der Waals surface area (Å²) >= 11 is 0. The molecule has 27 heavy (non-hydrogen) atoms. The van der Waals surface area contributed by atoms with Crippen molar-refractivity contribution in [2.45, 2.75) is 13.3 Å². The summed E-state index contributed by atoms with van der Waals surface area (Å²) in [4.78, 5) is 0. The molecule has 0 radical (unpaired) electrons. The molecule has 0 amide bonds. The van der Waals surface area contributed by atoms with Crippen LogP contribution in [0.15, 0.2) is 78.9 Å². The highest BCUT2D eigenvalue weighted by Gasteiger charge is 1.99. The molecule has 4 heteroatoms. The predicted molar refractivity (Wildman–Crippen MR) is 112 cm³/mol. The lowest BCUT2D eigenvalue weighted by atomic mass is 10.3. The highest BCUT2D eigenvalue weighted by Crippen LogP contribution is 2.22. The molecule has 0 aromatic heterocycles. The van der Waals surface area contributed by atoms with Gasteiger partial charge in [0.1, 0.15) is 17.2 Å². The van der Waals surface area contributed by atoms with Gasteiger partial charge in [-0.3, -0.25) is 0 Å². The lowest BCUT2D eigenvalue weighted by Gasteiger charge is -2.11. The second-order valence-corrected chi connectivity index (χ2v) is 6.17. The topological polar surface area (TPSA) is 42.5 Å². The van der Waals surface area contributed by atoms with Gasteiger partial charge in [0.2, 0.25) is 0 Å². The van der Waals surface area contributed by atoms with Crippen molar-refractivity contribution in [2.75, 3.05) is 30.3 Å². The molecule has 0 aliphatic carbocycles. The van der Waals surface area contributed by atoms with Gasteiger partial charge in [0.15, 0.2) is 0 Å². The highest BCUT2D eigenvalue weighted by atomic mass is 16.5. The van der Waals surface area contributed by atoms with E-state index < -0.39 is 0 Å². The Kier molecular flexibility index (Phi) is 6.99. The van der Waals surface area contributed by atoms with Crippen molar-refractivity contribution in [1.82, 2.24) is 0 Å². The standard InChI is InChI=1S/C23H26N2O2/c1-2-17-26-23-10-6-7-20(18-23)25-16-15-24-19-11-13-22(14-12-19)27-21-8-4-3-5-9-21/h3-14,18,24-25H,2,15-17H2,1H3. The molecule has 0 fully saturated rings. The minimum atomic E-state index is 0.745. The van der Waals surface area contributed by atoms with Crippen LogP contribution in [0.2, 0.25) is 0 Å². The van der Waals surface area contributed by atoms with Crippen LogP contribution in [0.4, 0.5) is 11.4 Å². The lowest BCUT2D eigenvalue weighted by Crippen LogP contribution is -2.13. The van der Waals surface area contributed by atoms with E-state index in [9.17, 15) is 0 Å². The van der Waals surface area contributed by atoms with Crippen LogP contribution in [0.5, 0.6) is 17.2 Å². The van der Waals surface area contributed by atoms with Gasteiger partial charge in [-0.15, -0.1) is 0 Å². The van der Waals surface area contributed by atoms with E-state index in [0.29, 0.717) is 0 Å². The van der Waals surface area contributed by atoms with Crippen molar-refractivity contribution in [2.24, 2.45) is 0 Å². The van der Waals surface area contributed by atoms with Gasteiger partial charge in [0.25, 0.3) is 0 Å². The summed E-state index contributed by atoms with van der Waals surface area (Å²) in [5.74, 6) is 2.57. The maximum Gasteiger partial charge on any atom is 0.127 e. The van der Waals surface area contributed by atoms with Crippen molar-refractivity contribution in [3.8, 4) is 17.2 Å². The molecule has 3 aromatic rings. The third kappa shape index (κ3) is 6.26. The normalized spacial score (nSPS) is 10.3. The summed E-state index contributed by atoms with van der Waals surface area (Å²) in [6.07, 6.45) is 1.01. The largest absolute Gasteiger partial charge is 0.494 e. The molecule has 0 saturated heterocycles. The number of benzene rings is 3. The zero-order valence-electron chi connectivity index (χ0n) is 15.7. The maximum atomic E-state index is 5.80. The Hall–Kier alpha value is -3.14. The number of ether oxygens (including phenoxy) is 2. The van der Waals surface area contributed by atoms with Gasteiger partial charge in [0.05, 0.1) is 6.61 Å². The first-order valence-electron chi connectivity index (χ1n) is 9.37. The SMILES string of the molecule is CCCOc1cccc(NCCNc2ccc(Oc3ccccc3)cc2)c1. The Morgan fingerprint density at radius 3 is 2.07 bits per heavy atom. The fourth-order valence-corrected chi connectivity index (χ4v) is 2.59. The van der Waals surface area contributed by atoms with Crippen molar-refractivity contribution in [1.29, 1.82) is 0 Å². The Balaban J connectivity index is 1.41. The highest BCUT2D eigenvalue weighted by molar-refractivity contribution is 5.49. The number of hydrogen-bond acceptors (Lipinski definition) is 4. The van der Waals surface area contributed by atoms with E-state index in [-0.39, 0.29) is 0 Å². The van der Waals surface area contributed by atoms with Crippen LogP contribution < -0.4 is 20.1 Å². The number of anilines is 2. The van der Waals surface area contributed by atoms with Crippen LogP contribution in [-0.2, 0) is 0 Å². The summed E-state index contributed by atoms with van der Waals surface area (Å²) in [6.45, 7) is 4.49. The Labute approximate surface area is 161 Å². The number of nitrogens with one attached hydrogen (secondary N) is 2. The van der Waals surface area contributed by atoms with Gasteiger partial charge in [-0.25, -0.2) is 0 Å². The second kappa shape index (κ2) is 10.1. The van der Waals surface area contributed by atoms with E-state index in [0.717, 1.165) is 54.7 Å².